The highest BCUT2D eigenvalue weighted by Gasteiger charge is 2.18. The second kappa shape index (κ2) is 5.45. The maximum atomic E-state index is 11.9. The number of hydrogen-bond donors (Lipinski definition) is 1. The standard InChI is InChI=1S/C9H17N5O/c1-8(14-7-11-6-12-14)9(15)13(3)5-4-10-2/h6-8,10H,4-5H2,1-3H3. The van der Waals surface area contributed by atoms with Gasteiger partial charge in [0.25, 0.3) is 0 Å². The molecule has 0 aliphatic heterocycles. The Morgan fingerprint density at radius 3 is 2.93 bits per heavy atom. The minimum atomic E-state index is -0.297. The number of carbonyl (C=O) groups excluding carboxylic acids is 1. The molecule has 84 valence electrons. The summed E-state index contributed by atoms with van der Waals surface area (Å²) in [6.07, 6.45) is 2.98. The van der Waals surface area contributed by atoms with Crippen molar-refractivity contribution in [3.8, 4) is 0 Å². The smallest absolute Gasteiger partial charge is 0.247 e. The molecule has 15 heavy (non-hydrogen) atoms. The van der Waals surface area contributed by atoms with E-state index < -0.39 is 0 Å². The van der Waals surface area contributed by atoms with Crippen LogP contribution in [0.5, 0.6) is 0 Å². The predicted molar refractivity (Wildman–Crippen MR) is 56.3 cm³/mol. The monoisotopic (exact) mass is 211 g/mol. The van der Waals surface area contributed by atoms with Gasteiger partial charge in [0, 0.05) is 20.1 Å². The normalized spacial score (nSPS) is 12.5. The molecule has 0 bridgehead atoms. The minimum Gasteiger partial charge on any atom is -0.343 e. The molecule has 1 N–H and O–H groups in total. The molecule has 1 aromatic heterocycles. The molecule has 1 atom stereocenters. The van der Waals surface area contributed by atoms with Gasteiger partial charge in [-0.2, -0.15) is 5.10 Å². The van der Waals surface area contributed by atoms with E-state index in [1.54, 1.807) is 23.0 Å². The SMILES string of the molecule is CNCCN(C)C(=O)C(C)n1cncn1. The van der Waals surface area contributed by atoms with Crippen molar-refractivity contribution < 1.29 is 4.79 Å². The summed E-state index contributed by atoms with van der Waals surface area (Å²) in [5.74, 6) is 0.0377. The summed E-state index contributed by atoms with van der Waals surface area (Å²) in [6.45, 7) is 3.29. The Morgan fingerprint density at radius 2 is 2.40 bits per heavy atom. The molecule has 0 saturated carbocycles. The van der Waals surface area contributed by atoms with E-state index in [0.717, 1.165) is 6.54 Å². The Hall–Kier alpha value is -1.43. The van der Waals surface area contributed by atoms with E-state index in [-0.39, 0.29) is 11.9 Å². The zero-order valence-corrected chi connectivity index (χ0v) is 9.34. The first-order valence-corrected chi connectivity index (χ1v) is 4.90. The van der Waals surface area contributed by atoms with Gasteiger partial charge in [0.1, 0.15) is 18.7 Å². The first kappa shape index (κ1) is 11.6. The highest BCUT2D eigenvalue weighted by Crippen LogP contribution is 2.05. The van der Waals surface area contributed by atoms with E-state index >= 15 is 0 Å². The third-order valence-electron chi connectivity index (χ3n) is 2.26. The maximum absolute atomic E-state index is 11.9. The average molecular weight is 211 g/mol. The van der Waals surface area contributed by atoms with Crippen LogP contribution in [0.2, 0.25) is 0 Å². The molecular formula is C9H17N5O. The number of carbonyl (C=O) groups is 1. The topological polar surface area (TPSA) is 63.1 Å². The molecule has 0 aromatic carbocycles. The summed E-state index contributed by atoms with van der Waals surface area (Å²) >= 11 is 0. The second-order valence-corrected chi connectivity index (χ2v) is 3.41. The molecule has 1 amide bonds. The lowest BCUT2D eigenvalue weighted by Gasteiger charge is -2.21. The molecule has 0 radical (unpaired) electrons. The second-order valence-electron chi connectivity index (χ2n) is 3.41. The molecule has 1 heterocycles. The Labute approximate surface area is 89.3 Å². The van der Waals surface area contributed by atoms with Crippen molar-refractivity contribution in [1.82, 2.24) is 25.0 Å². The van der Waals surface area contributed by atoms with Crippen molar-refractivity contribution in [3.05, 3.63) is 12.7 Å². The summed E-state index contributed by atoms with van der Waals surface area (Å²) in [5, 5.41) is 6.94. The summed E-state index contributed by atoms with van der Waals surface area (Å²) < 4.78 is 1.55. The number of nitrogens with zero attached hydrogens (tertiary/aromatic N) is 4. The lowest BCUT2D eigenvalue weighted by atomic mass is 10.3. The summed E-state index contributed by atoms with van der Waals surface area (Å²) in [7, 11) is 3.65. The van der Waals surface area contributed by atoms with Gasteiger partial charge in [0.2, 0.25) is 5.91 Å². The van der Waals surface area contributed by atoms with Crippen LogP contribution in [0.25, 0.3) is 0 Å². The largest absolute Gasteiger partial charge is 0.343 e. The van der Waals surface area contributed by atoms with Crippen molar-refractivity contribution >= 4 is 5.91 Å². The van der Waals surface area contributed by atoms with Crippen LogP contribution in [-0.2, 0) is 4.79 Å². The van der Waals surface area contributed by atoms with Crippen LogP contribution < -0.4 is 5.32 Å². The van der Waals surface area contributed by atoms with E-state index in [0.29, 0.717) is 6.54 Å². The van der Waals surface area contributed by atoms with Crippen LogP contribution in [0.3, 0.4) is 0 Å². The fourth-order valence-corrected chi connectivity index (χ4v) is 1.24. The molecule has 0 spiro atoms. The molecule has 6 nitrogen and oxygen atoms in total. The fraction of sp³-hybridized carbons (Fsp3) is 0.667. The minimum absolute atomic E-state index is 0.0377. The maximum Gasteiger partial charge on any atom is 0.247 e. The quantitative estimate of drug-likeness (QED) is 0.714. The van der Waals surface area contributed by atoms with Crippen molar-refractivity contribution in [2.24, 2.45) is 0 Å². The lowest BCUT2D eigenvalue weighted by Crippen LogP contribution is -2.37. The number of hydrogen-bond acceptors (Lipinski definition) is 4. The number of rotatable bonds is 5. The number of nitrogens with one attached hydrogen (secondary N) is 1. The van der Waals surface area contributed by atoms with Crippen LogP contribution in [0.1, 0.15) is 13.0 Å². The number of likely N-dealkylation sites (N-methyl/N-ethyl adjacent to an activating group) is 2. The van der Waals surface area contributed by atoms with Gasteiger partial charge < -0.3 is 10.2 Å². The fourth-order valence-electron chi connectivity index (χ4n) is 1.24. The lowest BCUT2D eigenvalue weighted by molar-refractivity contribution is -0.133. The third kappa shape index (κ3) is 3.02. The Kier molecular flexibility index (Phi) is 4.23. The molecule has 0 saturated heterocycles. The van der Waals surface area contributed by atoms with Crippen molar-refractivity contribution in [2.45, 2.75) is 13.0 Å². The molecule has 6 heteroatoms. The zero-order valence-electron chi connectivity index (χ0n) is 9.34. The van der Waals surface area contributed by atoms with Gasteiger partial charge in [-0.1, -0.05) is 0 Å². The van der Waals surface area contributed by atoms with Gasteiger partial charge in [0.15, 0.2) is 0 Å². The van der Waals surface area contributed by atoms with E-state index in [1.165, 1.54) is 6.33 Å². The summed E-state index contributed by atoms with van der Waals surface area (Å²) in [5.41, 5.74) is 0. The number of amides is 1. The van der Waals surface area contributed by atoms with Crippen LogP contribution in [-0.4, -0.2) is 52.8 Å². The van der Waals surface area contributed by atoms with Crippen LogP contribution in [0, 0.1) is 0 Å². The van der Waals surface area contributed by atoms with Gasteiger partial charge >= 0.3 is 0 Å². The van der Waals surface area contributed by atoms with E-state index in [9.17, 15) is 4.79 Å². The van der Waals surface area contributed by atoms with Gasteiger partial charge in [-0.15, -0.1) is 0 Å². The number of aromatic nitrogens is 3. The summed E-state index contributed by atoms with van der Waals surface area (Å²) in [4.78, 5) is 17.4. The summed E-state index contributed by atoms with van der Waals surface area (Å²) in [6, 6.07) is -0.297. The van der Waals surface area contributed by atoms with E-state index in [1.807, 2.05) is 14.0 Å². The van der Waals surface area contributed by atoms with E-state index in [2.05, 4.69) is 15.4 Å². The molecule has 1 rings (SSSR count). The molecule has 0 fully saturated rings. The van der Waals surface area contributed by atoms with Gasteiger partial charge in [-0.05, 0) is 14.0 Å². The van der Waals surface area contributed by atoms with Gasteiger partial charge in [-0.3, -0.25) is 4.79 Å². The van der Waals surface area contributed by atoms with Crippen molar-refractivity contribution in [2.75, 3.05) is 27.2 Å². The van der Waals surface area contributed by atoms with E-state index in [4.69, 9.17) is 0 Å². The average Bonchev–Trinajstić information content (AvgIpc) is 2.77. The highest BCUT2D eigenvalue weighted by molar-refractivity contribution is 5.79. The zero-order chi connectivity index (χ0) is 11.3. The molecule has 1 aromatic rings. The third-order valence-corrected chi connectivity index (χ3v) is 2.26. The molecular weight excluding hydrogens is 194 g/mol. The highest BCUT2D eigenvalue weighted by atomic mass is 16.2. The first-order valence-electron chi connectivity index (χ1n) is 4.90. The molecule has 0 aliphatic carbocycles. The van der Waals surface area contributed by atoms with Gasteiger partial charge in [0.05, 0.1) is 0 Å². The Morgan fingerprint density at radius 1 is 1.67 bits per heavy atom. The predicted octanol–water partition coefficient (Wildman–Crippen LogP) is -0.483. The van der Waals surface area contributed by atoms with Gasteiger partial charge in [-0.25, -0.2) is 9.67 Å². The van der Waals surface area contributed by atoms with Crippen molar-refractivity contribution in [1.29, 1.82) is 0 Å². The molecule has 1 unspecified atom stereocenters. The first-order chi connectivity index (χ1) is 7.16. The van der Waals surface area contributed by atoms with Crippen LogP contribution in [0.15, 0.2) is 12.7 Å². The van der Waals surface area contributed by atoms with Crippen molar-refractivity contribution in [3.63, 3.8) is 0 Å². The van der Waals surface area contributed by atoms with Crippen LogP contribution in [0.4, 0.5) is 0 Å². The Balaban J connectivity index is 2.52. The van der Waals surface area contributed by atoms with Crippen LogP contribution >= 0.6 is 0 Å². The Bertz CT molecular complexity index is 297. The molecule has 0 aliphatic rings.